The van der Waals surface area contributed by atoms with Crippen molar-refractivity contribution in [3.8, 4) is 0 Å². The van der Waals surface area contributed by atoms with Crippen LogP contribution in [0, 0.1) is 5.92 Å². The van der Waals surface area contributed by atoms with Gasteiger partial charge < -0.3 is 10.3 Å². The molecule has 0 saturated heterocycles. The maximum absolute atomic E-state index is 6.14. The molecule has 16 heavy (non-hydrogen) atoms. The van der Waals surface area contributed by atoms with Gasteiger partial charge in [0.15, 0.2) is 0 Å². The van der Waals surface area contributed by atoms with Crippen LogP contribution in [0.4, 0.5) is 0 Å². The summed E-state index contributed by atoms with van der Waals surface area (Å²) >= 11 is 0. The van der Waals surface area contributed by atoms with Crippen molar-refractivity contribution in [3.63, 3.8) is 0 Å². The molecule has 0 bridgehead atoms. The second kappa shape index (κ2) is 3.88. The lowest BCUT2D eigenvalue weighted by Gasteiger charge is -2.21. The Morgan fingerprint density at radius 3 is 2.75 bits per heavy atom. The van der Waals surface area contributed by atoms with Crippen molar-refractivity contribution in [3.05, 3.63) is 18.2 Å². The summed E-state index contributed by atoms with van der Waals surface area (Å²) in [4.78, 5) is 4.45. The van der Waals surface area contributed by atoms with Gasteiger partial charge in [0, 0.05) is 12.7 Å². The third-order valence-corrected chi connectivity index (χ3v) is 4.13. The van der Waals surface area contributed by atoms with Crippen LogP contribution in [-0.2, 0) is 12.1 Å². The molecule has 3 heteroatoms. The van der Waals surface area contributed by atoms with Crippen LogP contribution < -0.4 is 5.73 Å². The van der Waals surface area contributed by atoms with Gasteiger partial charge in [-0.05, 0) is 31.6 Å². The van der Waals surface area contributed by atoms with Crippen LogP contribution in [0.25, 0.3) is 0 Å². The SMILES string of the molecule is NC1(c2cn(CC3CCCCC3)cn2)CC1. The Kier molecular flexibility index (Phi) is 2.51. The van der Waals surface area contributed by atoms with Gasteiger partial charge in [0.25, 0.3) is 0 Å². The van der Waals surface area contributed by atoms with Gasteiger partial charge >= 0.3 is 0 Å². The first-order valence-electron chi connectivity index (χ1n) is 6.57. The molecule has 2 N–H and O–H groups in total. The highest BCUT2D eigenvalue weighted by molar-refractivity contribution is 5.19. The molecule has 0 amide bonds. The summed E-state index contributed by atoms with van der Waals surface area (Å²) in [6, 6.07) is 0. The third-order valence-electron chi connectivity index (χ3n) is 4.13. The van der Waals surface area contributed by atoms with E-state index in [1.807, 2.05) is 6.33 Å². The number of imidazole rings is 1. The molecule has 0 aromatic carbocycles. The molecular weight excluding hydrogens is 198 g/mol. The van der Waals surface area contributed by atoms with Crippen molar-refractivity contribution < 1.29 is 0 Å². The molecule has 0 atom stereocenters. The Labute approximate surface area is 97.0 Å². The fourth-order valence-electron chi connectivity index (χ4n) is 2.78. The lowest BCUT2D eigenvalue weighted by Crippen LogP contribution is -2.19. The molecule has 0 unspecified atom stereocenters. The average molecular weight is 219 g/mol. The van der Waals surface area contributed by atoms with Gasteiger partial charge in [0.05, 0.1) is 17.6 Å². The maximum atomic E-state index is 6.14. The molecule has 0 radical (unpaired) electrons. The lowest BCUT2D eigenvalue weighted by molar-refractivity contribution is 0.319. The molecule has 2 fully saturated rings. The van der Waals surface area contributed by atoms with Crippen LogP contribution >= 0.6 is 0 Å². The number of aromatic nitrogens is 2. The summed E-state index contributed by atoms with van der Waals surface area (Å²) in [6.07, 6.45) is 13.4. The summed E-state index contributed by atoms with van der Waals surface area (Å²) < 4.78 is 2.25. The van der Waals surface area contributed by atoms with Gasteiger partial charge in [-0.3, -0.25) is 0 Å². The minimum atomic E-state index is -0.0716. The van der Waals surface area contributed by atoms with Crippen molar-refractivity contribution >= 4 is 0 Å². The van der Waals surface area contributed by atoms with E-state index >= 15 is 0 Å². The molecule has 88 valence electrons. The summed E-state index contributed by atoms with van der Waals surface area (Å²) in [7, 11) is 0. The normalized spacial score (nSPS) is 24.6. The smallest absolute Gasteiger partial charge is 0.0950 e. The van der Waals surface area contributed by atoms with Crippen molar-refractivity contribution in [2.45, 2.75) is 57.0 Å². The van der Waals surface area contributed by atoms with Gasteiger partial charge in [-0.25, -0.2) is 4.98 Å². The van der Waals surface area contributed by atoms with E-state index in [1.54, 1.807) is 0 Å². The molecule has 3 rings (SSSR count). The van der Waals surface area contributed by atoms with Gasteiger partial charge in [0.2, 0.25) is 0 Å². The first kappa shape index (κ1) is 10.3. The molecule has 1 aromatic rings. The number of nitrogens with two attached hydrogens (primary N) is 1. The Morgan fingerprint density at radius 2 is 2.06 bits per heavy atom. The van der Waals surface area contributed by atoms with E-state index < -0.39 is 0 Å². The van der Waals surface area contributed by atoms with E-state index in [0.29, 0.717) is 0 Å². The highest BCUT2D eigenvalue weighted by Crippen LogP contribution is 2.41. The van der Waals surface area contributed by atoms with Gasteiger partial charge in [0.1, 0.15) is 0 Å². The fraction of sp³-hybridized carbons (Fsp3) is 0.769. The van der Waals surface area contributed by atoms with Crippen molar-refractivity contribution in [2.24, 2.45) is 11.7 Å². The highest BCUT2D eigenvalue weighted by Gasteiger charge is 2.42. The highest BCUT2D eigenvalue weighted by atomic mass is 15.1. The Bertz CT molecular complexity index is 359. The topological polar surface area (TPSA) is 43.8 Å². The van der Waals surface area contributed by atoms with Crippen LogP contribution in [0.2, 0.25) is 0 Å². The zero-order valence-electron chi connectivity index (χ0n) is 9.86. The van der Waals surface area contributed by atoms with E-state index in [4.69, 9.17) is 5.73 Å². The zero-order valence-corrected chi connectivity index (χ0v) is 9.86. The van der Waals surface area contributed by atoms with Gasteiger partial charge in [-0.15, -0.1) is 0 Å². The minimum Gasteiger partial charge on any atom is -0.337 e. The van der Waals surface area contributed by atoms with Crippen LogP contribution in [0.15, 0.2) is 12.5 Å². The van der Waals surface area contributed by atoms with Gasteiger partial charge in [-0.1, -0.05) is 19.3 Å². The van der Waals surface area contributed by atoms with Crippen LogP contribution in [0.1, 0.15) is 50.6 Å². The summed E-state index contributed by atoms with van der Waals surface area (Å²) in [6.45, 7) is 1.14. The van der Waals surface area contributed by atoms with E-state index in [1.165, 1.54) is 32.1 Å². The lowest BCUT2D eigenvalue weighted by atomic mass is 9.89. The number of rotatable bonds is 3. The minimum absolute atomic E-state index is 0.0716. The molecule has 3 nitrogen and oxygen atoms in total. The molecule has 0 aliphatic heterocycles. The Morgan fingerprint density at radius 1 is 1.31 bits per heavy atom. The molecule has 1 heterocycles. The standard InChI is InChI=1S/C13H21N3/c14-13(6-7-13)12-9-16(10-15-12)8-11-4-2-1-3-5-11/h9-11H,1-8,14H2. The zero-order chi connectivity index (χ0) is 11.0. The Balaban J connectivity index is 1.63. The summed E-state index contributed by atoms with van der Waals surface area (Å²) in [5.41, 5.74) is 7.17. The monoisotopic (exact) mass is 219 g/mol. The number of nitrogens with zero attached hydrogens (tertiary/aromatic N) is 2. The summed E-state index contributed by atoms with van der Waals surface area (Å²) in [5.74, 6) is 0.865. The van der Waals surface area contributed by atoms with Crippen molar-refractivity contribution in [1.29, 1.82) is 0 Å². The second-order valence-electron chi connectivity index (χ2n) is 5.62. The molecular formula is C13H21N3. The Hall–Kier alpha value is -0.830. The van der Waals surface area contributed by atoms with Crippen molar-refractivity contribution in [2.75, 3.05) is 0 Å². The largest absolute Gasteiger partial charge is 0.337 e. The molecule has 2 aliphatic rings. The average Bonchev–Trinajstić information content (AvgIpc) is 2.88. The summed E-state index contributed by atoms with van der Waals surface area (Å²) in [5, 5.41) is 0. The van der Waals surface area contributed by atoms with Crippen LogP contribution in [0.5, 0.6) is 0 Å². The predicted molar refractivity (Wildman–Crippen MR) is 63.9 cm³/mol. The second-order valence-corrected chi connectivity index (χ2v) is 5.62. The first-order chi connectivity index (χ1) is 7.76. The van der Waals surface area contributed by atoms with Gasteiger partial charge in [-0.2, -0.15) is 0 Å². The van der Waals surface area contributed by atoms with Crippen LogP contribution in [0.3, 0.4) is 0 Å². The maximum Gasteiger partial charge on any atom is 0.0950 e. The van der Waals surface area contributed by atoms with E-state index in [0.717, 1.165) is 31.0 Å². The van der Waals surface area contributed by atoms with E-state index in [9.17, 15) is 0 Å². The van der Waals surface area contributed by atoms with E-state index in [2.05, 4.69) is 15.7 Å². The molecule has 2 saturated carbocycles. The van der Waals surface area contributed by atoms with Crippen LogP contribution in [-0.4, -0.2) is 9.55 Å². The number of hydrogen-bond donors (Lipinski definition) is 1. The first-order valence-corrected chi connectivity index (χ1v) is 6.57. The predicted octanol–water partition coefficient (Wildman–Crippen LogP) is 2.41. The quantitative estimate of drug-likeness (QED) is 0.848. The molecule has 2 aliphatic carbocycles. The third kappa shape index (κ3) is 2.01. The molecule has 0 spiro atoms. The van der Waals surface area contributed by atoms with Crippen molar-refractivity contribution in [1.82, 2.24) is 9.55 Å². The number of hydrogen-bond acceptors (Lipinski definition) is 2. The van der Waals surface area contributed by atoms with E-state index in [-0.39, 0.29) is 5.54 Å². The fourth-order valence-corrected chi connectivity index (χ4v) is 2.78. The molecule has 1 aromatic heterocycles.